The summed E-state index contributed by atoms with van der Waals surface area (Å²) in [5, 5.41) is 4.36. The topological polar surface area (TPSA) is 34.0 Å². The van der Waals surface area contributed by atoms with Crippen molar-refractivity contribution in [2.24, 2.45) is 7.05 Å². The van der Waals surface area contributed by atoms with Crippen molar-refractivity contribution in [1.29, 1.82) is 0 Å². The van der Waals surface area contributed by atoms with Crippen molar-refractivity contribution in [2.45, 2.75) is 25.8 Å². The lowest BCUT2D eigenvalue weighted by atomic mass is 10.0. The van der Waals surface area contributed by atoms with Gasteiger partial charge in [0.2, 0.25) is 0 Å². The Bertz CT molecular complexity index is 606. The maximum absolute atomic E-state index is 12.5. The van der Waals surface area contributed by atoms with Crippen LogP contribution in [0.15, 0.2) is 24.4 Å². The van der Waals surface area contributed by atoms with Gasteiger partial charge in [0.25, 0.3) is 0 Å². The van der Waals surface area contributed by atoms with Crippen LogP contribution in [-0.2, 0) is 7.05 Å². The number of benzene rings is 1. The number of ketones is 1. The van der Waals surface area contributed by atoms with Crippen LogP contribution in [0.25, 0.3) is 10.9 Å². The molecule has 3 rings (SSSR count). The number of hydrogen-bond donors (Lipinski definition) is 1. The Morgan fingerprint density at radius 3 is 3.00 bits per heavy atom. The van der Waals surface area contributed by atoms with E-state index in [2.05, 4.69) is 22.9 Å². The highest BCUT2D eigenvalue weighted by atomic mass is 16.1. The minimum absolute atomic E-state index is 0.0103. The number of hydrogen-bond acceptors (Lipinski definition) is 2. The molecular weight excluding hydrogens is 224 g/mol. The second-order valence-corrected chi connectivity index (χ2v) is 5.14. The molecule has 94 valence electrons. The minimum Gasteiger partial charge on any atom is -0.350 e. The molecule has 3 nitrogen and oxygen atoms in total. The molecule has 1 atom stereocenters. The van der Waals surface area contributed by atoms with E-state index in [0.717, 1.165) is 30.3 Å². The molecule has 0 amide bonds. The SMILES string of the molecule is Cc1cccc2c(C(=O)C3CCCN3)cn(C)c12. The number of carbonyl (C=O) groups excluding carboxylic acids is 1. The Morgan fingerprint density at radius 2 is 2.28 bits per heavy atom. The number of rotatable bonds is 2. The molecule has 0 radical (unpaired) electrons. The molecule has 1 aromatic carbocycles. The normalized spacial score (nSPS) is 19.6. The van der Waals surface area contributed by atoms with E-state index in [1.165, 1.54) is 11.1 Å². The van der Waals surface area contributed by atoms with Crippen LogP contribution in [0.1, 0.15) is 28.8 Å². The van der Waals surface area contributed by atoms with Gasteiger partial charge in [0, 0.05) is 24.2 Å². The van der Waals surface area contributed by atoms with Crippen molar-refractivity contribution < 1.29 is 4.79 Å². The standard InChI is InChI=1S/C15H18N2O/c1-10-5-3-6-11-12(9-17(2)14(10)11)15(18)13-7-4-8-16-13/h3,5-6,9,13,16H,4,7-8H2,1-2H3. The molecule has 0 bridgehead atoms. The van der Waals surface area contributed by atoms with E-state index in [1.807, 2.05) is 25.4 Å². The van der Waals surface area contributed by atoms with Crippen LogP contribution in [-0.4, -0.2) is 22.9 Å². The van der Waals surface area contributed by atoms with Gasteiger partial charge in [-0.3, -0.25) is 4.79 Å². The predicted octanol–water partition coefficient (Wildman–Crippen LogP) is 2.42. The minimum atomic E-state index is 0.0103. The predicted molar refractivity (Wildman–Crippen MR) is 73.0 cm³/mol. The number of aryl methyl sites for hydroxylation is 2. The molecule has 0 saturated carbocycles. The Morgan fingerprint density at radius 1 is 1.44 bits per heavy atom. The van der Waals surface area contributed by atoms with E-state index in [1.54, 1.807) is 0 Å². The van der Waals surface area contributed by atoms with Crippen LogP contribution in [0.3, 0.4) is 0 Å². The Kier molecular flexibility index (Phi) is 2.71. The van der Waals surface area contributed by atoms with Gasteiger partial charge in [0.15, 0.2) is 5.78 Å². The van der Waals surface area contributed by atoms with E-state index in [0.29, 0.717) is 0 Å². The average molecular weight is 242 g/mol. The first-order chi connectivity index (χ1) is 8.68. The summed E-state index contributed by atoms with van der Waals surface area (Å²) >= 11 is 0. The highest BCUT2D eigenvalue weighted by Gasteiger charge is 2.25. The van der Waals surface area contributed by atoms with Gasteiger partial charge in [-0.1, -0.05) is 18.2 Å². The lowest BCUT2D eigenvalue weighted by Crippen LogP contribution is -2.30. The van der Waals surface area contributed by atoms with Crippen LogP contribution >= 0.6 is 0 Å². The number of para-hydroxylation sites is 1. The van der Waals surface area contributed by atoms with E-state index in [9.17, 15) is 4.79 Å². The maximum Gasteiger partial charge on any atom is 0.181 e. The van der Waals surface area contributed by atoms with E-state index in [4.69, 9.17) is 0 Å². The van der Waals surface area contributed by atoms with Crippen LogP contribution in [0, 0.1) is 6.92 Å². The van der Waals surface area contributed by atoms with Crippen LogP contribution < -0.4 is 5.32 Å². The fourth-order valence-electron chi connectivity index (χ4n) is 2.96. The third-order valence-corrected chi connectivity index (χ3v) is 3.85. The van der Waals surface area contributed by atoms with Gasteiger partial charge in [-0.15, -0.1) is 0 Å². The summed E-state index contributed by atoms with van der Waals surface area (Å²) in [5.74, 6) is 0.240. The number of nitrogens with zero attached hydrogens (tertiary/aromatic N) is 1. The van der Waals surface area contributed by atoms with Gasteiger partial charge in [-0.2, -0.15) is 0 Å². The zero-order valence-corrected chi connectivity index (χ0v) is 10.9. The summed E-state index contributed by atoms with van der Waals surface area (Å²) < 4.78 is 2.06. The molecule has 0 aliphatic carbocycles. The number of aromatic nitrogens is 1. The summed E-state index contributed by atoms with van der Waals surface area (Å²) in [4.78, 5) is 12.5. The molecule has 2 heterocycles. The first-order valence-corrected chi connectivity index (χ1v) is 6.50. The molecule has 2 aromatic rings. The maximum atomic E-state index is 12.5. The highest BCUT2D eigenvalue weighted by molar-refractivity contribution is 6.11. The summed E-state index contributed by atoms with van der Waals surface area (Å²) in [5.41, 5.74) is 3.24. The lowest BCUT2D eigenvalue weighted by molar-refractivity contribution is 0.0954. The van der Waals surface area contributed by atoms with Crippen molar-refractivity contribution in [3.8, 4) is 0 Å². The molecule has 1 N–H and O–H groups in total. The molecule has 1 unspecified atom stereocenters. The van der Waals surface area contributed by atoms with Crippen LogP contribution in [0.4, 0.5) is 0 Å². The monoisotopic (exact) mass is 242 g/mol. The van der Waals surface area contributed by atoms with Crippen molar-refractivity contribution in [2.75, 3.05) is 6.54 Å². The fraction of sp³-hybridized carbons (Fsp3) is 0.400. The van der Waals surface area contributed by atoms with Gasteiger partial charge in [-0.25, -0.2) is 0 Å². The third kappa shape index (κ3) is 1.66. The second kappa shape index (κ2) is 4.25. The smallest absolute Gasteiger partial charge is 0.181 e. The first kappa shape index (κ1) is 11.5. The van der Waals surface area contributed by atoms with Gasteiger partial charge in [0.05, 0.1) is 11.6 Å². The second-order valence-electron chi connectivity index (χ2n) is 5.14. The molecule has 1 aliphatic heterocycles. The number of nitrogens with one attached hydrogen (secondary N) is 1. The van der Waals surface area contributed by atoms with Crippen molar-refractivity contribution in [3.63, 3.8) is 0 Å². The van der Waals surface area contributed by atoms with E-state index >= 15 is 0 Å². The van der Waals surface area contributed by atoms with E-state index in [-0.39, 0.29) is 11.8 Å². The Hall–Kier alpha value is -1.61. The lowest BCUT2D eigenvalue weighted by Gasteiger charge is -2.07. The molecule has 0 spiro atoms. The highest BCUT2D eigenvalue weighted by Crippen LogP contribution is 2.25. The molecular formula is C15H18N2O. The van der Waals surface area contributed by atoms with Crippen molar-refractivity contribution in [1.82, 2.24) is 9.88 Å². The molecule has 1 fully saturated rings. The molecule has 1 aliphatic rings. The van der Waals surface area contributed by atoms with E-state index < -0.39 is 0 Å². The summed E-state index contributed by atoms with van der Waals surface area (Å²) in [7, 11) is 2.01. The Balaban J connectivity index is 2.12. The zero-order chi connectivity index (χ0) is 12.7. The molecule has 1 saturated heterocycles. The van der Waals surface area contributed by atoms with Gasteiger partial charge in [0.1, 0.15) is 0 Å². The Labute approximate surface area is 107 Å². The quantitative estimate of drug-likeness (QED) is 0.821. The number of fused-ring (bicyclic) bond motifs is 1. The summed E-state index contributed by atoms with van der Waals surface area (Å²) in [6.45, 7) is 3.05. The summed E-state index contributed by atoms with van der Waals surface area (Å²) in [6, 6.07) is 6.17. The van der Waals surface area contributed by atoms with Gasteiger partial charge in [-0.05, 0) is 31.9 Å². The largest absolute Gasteiger partial charge is 0.350 e. The first-order valence-electron chi connectivity index (χ1n) is 6.50. The third-order valence-electron chi connectivity index (χ3n) is 3.85. The molecule has 3 heteroatoms. The van der Waals surface area contributed by atoms with Crippen LogP contribution in [0.5, 0.6) is 0 Å². The van der Waals surface area contributed by atoms with Crippen molar-refractivity contribution >= 4 is 16.7 Å². The molecule has 18 heavy (non-hydrogen) atoms. The zero-order valence-electron chi connectivity index (χ0n) is 10.9. The molecule has 1 aromatic heterocycles. The average Bonchev–Trinajstić information content (AvgIpc) is 2.97. The van der Waals surface area contributed by atoms with Gasteiger partial charge < -0.3 is 9.88 Å². The fourth-order valence-corrected chi connectivity index (χ4v) is 2.96. The summed E-state index contributed by atoms with van der Waals surface area (Å²) in [6.07, 6.45) is 4.03. The van der Waals surface area contributed by atoms with Gasteiger partial charge >= 0.3 is 0 Å². The number of carbonyl (C=O) groups is 1. The van der Waals surface area contributed by atoms with Crippen LogP contribution in [0.2, 0.25) is 0 Å². The van der Waals surface area contributed by atoms with Crippen molar-refractivity contribution in [3.05, 3.63) is 35.5 Å². The number of Topliss-reactive ketones (excluding diaryl/α,β-unsaturated/α-hetero) is 1.